The molecule has 1 aromatic carbocycles. The van der Waals surface area contributed by atoms with E-state index in [9.17, 15) is 13.2 Å². The van der Waals surface area contributed by atoms with E-state index >= 15 is 0 Å². The summed E-state index contributed by atoms with van der Waals surface area (Å²) in [6.45, 7) is 6.87. The van der Waals surface area contributed by atoms with Crippen LogP contribution in [0.3, 0.4) is 0 Å². The van der Waals surface area contributed by atoms with E-state index in [1.54, 1.807) is 32.9 Å². The summed E-state index contributed by atoms with van der Waals surface area (Å²) in [5, 5.41) is 0. The summed E-state index contributed by atoms with van der Waals surface area (Å²) in [5.41, 5.74) is 1.15. The van der Waals surface area contributed by atoms with E-state index in [4.69, 9.17) is 0 Å². The molecule has 1 heterocycles. The van der Waals surface area contributed by atoms with Gasteiger partial charge < -0.3 is 4.90 Å². The zero-order chi connectivity index (χ0) is 17.0. The highest BCUT2D eigenvalue weighted by atomic mass is 32.2. The summed E-state index contributed by atoms with van der Waals surface area (Å²) in [4.78, 5) is 13.5. The molecule has 1 aliphatic rings. The molecule has 1 aromatic rings. The number of rotatable bonds is 5. The first-order valence-electron chi connectivity index (χ1n) is 8.14. The minimum Gasteiger partial charge on any atom is -0.343 e. The lowest BCUT2D eigenvalue weighted by atomic mass is 9.90. The lowest BCUT2D eigenvalue weighted by Crippen LogP contribution is -2.37. The van der Waals surface area contributed by atoms with Crippen LogP contribution in [0.15, 0.2) is 29.2 Å². The first-order valence-corrected chi connectivity index (χ1v) is 9.63. The molecule has 0 radical (unpaired) electrons. The molecule has 0 bridgehead atoms. The Labute approximate surface area is 139 Å². The fourth-order valence-corrected chi connectivity index (χ4v) is 4.22. The molecule has 1 aliphatic heterocycles. The molecule has 5 nitrogen and oxygen atoms in total. The lowest BCUT2D eigenvalue weighted by molar-refractivity contribution is -0.130. The fraction of sp³-hybridized carbons (Fsp3) is 0.588. The quantitative estimate of drug-likeness (QED) is 0.895. The monoisotopic (exact) mass is 338 g/mol. The van der Waals surface area contributed by atoms with Crippen LogP contribution in [0.4, 0.5) is 0 Å². The van der Waals surface area contributed by atoms with E-state index in [-0.39, 0.29) is 11.9 Å². The van der Waals surface area contributed by atoms with Crippen molar-refractivity contribution in [1.82, 2.24) is 9.62 Å². The summed E-state index contributed by atoms with van der Waals surface area (Å²) >= 11 is 0. The van der Waals surface area contributed by atoms with Crippen molar-refractivity contribution in [3.05, 3.63) is 29.8 Å². The largest absolute Gasteiger partial charge is 0.343 e. The Morgan fingerprint density at radius 3 is 2.26 bits per heavy atom. The van der Waals surface area contributed by atoms with Gasteiger partial charge in [0.15, 0.2) is 0 Å². The maximum atomic E-state index is 12.1. The molecule has 128 valence electrons. The van der Waals surface area contributed by atoms with Gasteiger partial charge in [-0.1, -0.05) is 12.1 Å². The van der Waals surface area contributed by atoms with Crippen LogP contribution in [0.5, 0.6) is 0 Å². The molecule has 1 saturated heterocycles. The van der Waals surface area contributed by atoms with E-state index < -0.39 is 10.0 Å². The van der Waals surface area contributed by atoms with Crippen LogP contribution in [-0.4, -0.2) is 38.4 Å². The van der Waals surface area contributed by atoms with Crippen LogP contribution in [0, 0.1) is 5.92 Å². The van der Waals surface area contributed by atoms with Gasteiger partial charge in [0.2, 0.25) is 15.9 Å². The van der Waals surface area contributed by atoms with Crippen molar-refractivity contribution >= 4 is 15.9 Å². The number of likely N-dealkylation sites (tertiary alicyclic amines) is 1. The predicted molar refractivity (Wildman–Crippen MR) is 90.6 cm³/mol. The van der Waals surface area contributed by atoms with Crippen molar-refractivity contribution in [2.45, 2.75) is 51.0 Å². The van der Waals surface area contributed by atoms with Gasteiger partial charge in [0.1, 0.15) is 0 Å². The van der Waals surface area contributed by atoms with Crippen molar-refractivity contribution < 1.29 is 13.2 Å². The molecule has 2 rings (SSSR count). The molecule has 0 saturated carbocycles. The number of piperidine rings is 1. The summed E-state index contributed by atoms with van der Waals surface area (Å²) in [6.07, 6.45) is 2.95. The normalized spacial score (nSPS) is 16.8. The highest BCUT2D eigenvalue weighted by Crippen LogP contribution is 2.22. The molecular weight excluding hydrogens is 312 g/mol. The van der Waals surface area contributed by atoms with Crippen molar-refractivity contribution in [3.63, 3.8) is 0 Å². The van der Waals surface area contributed by atoms with Gasteiger partial charge >= 0.3 is 0 Å². The van der Waals surface area contributed by atoms with Crippen LogP contribution in [0.1, 0.15) is 39.2 Å². The molecule has 0 aromatic heterocycles. The molecular formula is C17H26N2O3S. The van der Waals surface area contributed by atoms with Gasteiger partial charge in [0.05, 0.1) is 4.90 Å². The third kappa shape index (κ3) is 5.04. The molecule has 0 aliphatic carbocycles. The van der Waals surface area contributed by atoms with Gasteiger partial charge in [-0.15, -0.1) is 0 Å². The van der Waals surface area contributed by atoms with Gasteiger partial charge in [-0.05, 0) is 56.7 Å². The lowest BCUT2D eigenvalue weighted by Gasteiger charge is -2.31. The zero-order valence-electron chi connectivity index (χ0n) is 14.1. The Balaban J connectivity index is 1.95. The van der Waals surface area contributed by atoms with Gasteiger partial charge in [0, 0.05) is 26.1 Å². The molecule has 0 spiro atoms. The van der Waals surface area contributed by atoms with Gasteiger partial charge in [-0.3, -0.25) is 4.79 Å². The first kappa shape index (κ1) is 17.9. The Morgan fingerprint density at radius 1 is 1.22 bits per heavy atom. The van der Waals surface area contributed by atoms with Gasteiger partial charge in [0.25, 0.3) is 0 Å². The number of hydrogen-bond donors (Lipinski definition) is 1. The Kier molecular flexibility index (Phi) is 5.81. The van der Waals surface area contributed by atoms with E-state index in [1.807, 2.05) is 17.0 Å². The summed E-state index contributed by atoms with van der Waals surface area (Å²) < 4.78 is 26.8. The number of nitrogens with zero attached hydrogens (tertiary/aromatic N) is 1. The van der Waals surface area contributed by atoms with Crippen molar-refractivity contribution in [1.29, 1.82) is 0 Å². The zero-order valence-corrected chi connectivity index (χ0v) is 14.9. The number of hydrogen-bond acceptors (Lipinski definition) is 3. The number of amides is 1. The second kappa shape index (κ2) is 7.45. The molecule has 0 unspecified atom stereocenters. The van der Waals surface area contributed by atoms with Crippen molar-refractivity contribution in [2.75, 3.05) is 13.1 Å². The van der Waals surface area contributed by atoms with Gasteiger partial charge in [-0.25, -0.2) is 13.1 Å². The van der Waals surface area contributed by atoms with Crippen molar-refractivity contribution in [3.8, 4) is 0 Å². The summed E-state index contributed by atoms with van der Waals surface area (Å²) in [5.74, 6) is 0.706. The minimum atomic E-state index is -3.42. The molecule has 1 N–H and O–H groups in total. The average molecular weight is 338 g/mol. The van der Waals surface area contributed by atoms with Crippen LogP contribution < -0.4 is 4.72 Å². The summed E-state index contributed by atoms with van der Waals surface area (Å²) in [7, 11) is -3.42. The van der Waals surface area contributed by atoms with Crippen molar-refractivity contribution in [2.24, 2.45) is 5.92 Å². The maximum Gasteiger partial charge on any atom is 0.240 e. The second-order valence-corrected chi connectivity index (χ2v) is 8.29. The van der Waals surface area contributed by atoms with E-state index in [2.05, 4.69) is 4.72 Å². The second-order valence-electron chi connectivity index (χ2n) is 6.57. The maximum absolute atomic E-state index is 12.1. The smallest absolute Gasteiger partial charge is 0.240 e. The third-order valence-electron chi connectivity index (χ3n) is 4.21. The van der Waals surface area contributed by atoms with E-state index in [1.165, 1.54) is 0 Å². The molecule has 1 fully saturated rings. The number of sulfonamides is 1. The highest BCUT2D eigenvalue weighted by molar-refractivity contribution is 7.89. The molecule has 6 heteroatoms. The summed E-state index contributed by atoms with van der Waals surface area (Å²) in [6, 6.07) is 7.01. The Bertz CT molecular complexity index is 630. The number of carbonyl (C=O) groups excluding carboxylic acids is 1. The SMILES string of the molecule is CC(=O)N1CCC(Cc2ccc(S(=O)(=O)NC(C)C)cc2)CC1. The van der Waals surface area contributed by atoms with E-state index in [0.29, 0.717) is 10.8 Å². The number of nitrogens with one attached hydrogen (secondary N) is 1. The average Bonchev–Trinajstić information content (AvgIpc) is 2.47. The highest BCUT2D eigenvalue weighted by Gasteiger charge is 2.21. The minimum absolute atomic E-state index is 0.119. The third-order valence-corrected chi connectivity index (χ3v) is 5.88. The first-order chi connectivity index (χ1) is 10.8. The van der Waals surface area contributed by atoms with Crippen LogP contribution in [0.2, 0.25) is 0 Å². The predicted octanol–water partition coefficient (Wildman–Crippen LogP) is 2.17. The van der Waals surface area contributed by atoms with Crippen LogP contribution in [-0.2, 0) is 21.2 Å². The Morgan fingerprint density at radius 2 is 1.78 bits per heavy atom. The number of benzene rings is 1. The molecule has 0 atom stereocenters. The molecule has 23 heavy (non-hydrogen) atoms. The van der Waals surface area contributed by atoms with Gasteiger partial charge in [-0.2, -0.15) is 0 Å². The van der Waals surface area contributed by atoms with E-state index in [0.717, 1.165) is 37.9 Å². The Hall–Kier alpha value is -1.40. The van der Waals surface area contributed by atoms with Crippen LogP contribution >= 0.6 is 0 Å². The molecule has 1 amide bonds. The standard InChI is InChI=1S/C17H26N2O3S/c1-13(2)18-23(21,22)17-6-4-15(5-7-17)12-16-8-10-19(11-9-16)14(3)20/h4-7,13,16,18H,8-12H2,1-3H3. The van der Waals surface area contributed by atoms with Crippen LogP contribution in [0.25, 0.3) is 0 Å². The fourth-order valence-electron chi connectivity index (χ4n) is 2.97. The number of carbonyl (C=O) groups is 1. The topological polar surface area (TPSA) is 66.5 Å².